The second-order valence-electron chi connectivity index (χ2n) is 1.94. The fourth-order valence-corrected chi connectivity index (χ4v) is 0.687. The Balaban J connectivity index is 0.000001000. The largest absolute Gasteiger partial charge is 0.326 e. The summed E-state index contributed by atoms with van der Waals surface area (Å²) < 4.78 is 24.7. The van der Waals surface area contributed by atoms with Crippen LogP contribution in [0.5, 0.6) is 0 Å². The van der Waals surface area contributed by atoms with Gasteiger partial charge in [-0.3, -0.25) is 0 Å². The van der Waals surface area contributed by atoms with E-state index in [0.717, 1.165) is 6.07 Å². The number of benzene rings is 1. The number of hydrogen-bond acceptors (Lipinski definition) is 1. The molecule has 0 unspecified atom stereocenters. The molecule has 0 heterocycles. The Morgan fingerprint density at radius 3 is 2.36 bits per heavy atom. The highest BCUT2D eigenvalue weighted by molar-refractivity contribution is 5.17. The second-order valence-corrected chi connectivity index (χ2v) is 1.94. The van der Waals surface area contributed by atoms with Gasteiger partial charge in [0.1, 0.15) is 11.6 Å². The van der Waals surface area contributed by atoms with E-state index < -0.39 is 11.6 Å². The second kappa shape index (κ2) is 4.03. The van der Waals surface area contributed by atoms with Crippen molar-refractivity contribution in [2.45, 2.75) is 14.0 Å². The average Bonchev–Trinajstić information content (AvgIpc) is 1.88. The topological polar surface area (TPSA) is 26.0 Å². The van der Waals surface area contributed by atoms with E-state index in [9.17, 15) is 8.78 Å². The van der Waals surface area contributed by atoms with E-state index >= 15 is 0 Å². The van der Waals surface area contributed by atoms with Crippen molar-refractivity contribution in [2.24, 2.45) is 5.73 Å². The summed E-state index contributed by atoms with van der Waals surface area (Å²) in [5, 5.41) is 0. The van der Waals surface area contributed by atoms with Crippen LogP contribution in [0, 0.1) is 11.6 Å². The quantitative estimate of drug-likeness (QED) is 0.666. The summed E-state index contributed by atoms with van der Waals surface area (Å²) in [6.45, 7) is 0.103. The van der Waals surface area contributed by atoms with E-state index in [1.54, 1.807) is 0 Å². The molecule has 0 spiro atoms. The van der Waals surface area contributed by atoms with E-state index in [4.69, 9.17) is 5.73 Å². The van der Waals surface area contributed by atoms with Crippen LogP contribution in [0.2, 0.25) is 0 Å². The molecule has 0 aromatic heterocycles. The van der Waals surface area contributed by atoms with Crippen molar-refractivity contribution >= 4 is 0 Å². The van der Waals surface area contributed by atoms with Crippen LogP contribution in [-0.4, -0.2) is 0 Å². The summed E-state index contributed by atoms with van der Waals surface area (Å²) in [5.41, 5.74) is 5.47. The SMILES string of the molecule is C.NCc1ccc(F)cc1F. The lowest BCUT2D eigenvalue weighted by Crippen LogP contribution is -1.99. The highest BCUT2D eigenvalue weighted by Gasteiger charge is 1.99. The fourth-order valence-electron chi connectivity index (χ4n) is 0.687. The van der Waals surface area contributed by atoms with Gasteiger partial charge in [-0.2, -0.15) is 0 Å². The monoisotopic (exact) mass is 159 g/mol. The molecule has 0 amide bonds. The van der Waals surface area contributed by atoms with Gasteiger partial charge in [0.25, 0.3) is 0 Å². The van der Waals surface area contributed by atoms with Crippen LogP contribution in [-0.2, 0) is 6.54 Å². The normalized spacial score (nSPS) is 9.00. The number of nitrogens with two attached hydrogens (primary N) is 1. The highest BCUT2D eigenvalue weighted by atomic mass is 19.1. The molecule has 62 valence electrons. The van der Waals surface area contributed by atoms with Gasteiger partial charge in [-0.15, -0.1) is 0 Å². The van der Waals surface area contributed by atoms with Crippen LogP contribution in [0.3, 0.4) is 0 Å². The van der Waals surface area contributed by atoms with Gasteiger partial charge < -0.3 is 5.73 Å². The van der Waals surface area contributed by atoms with Crippen molar-refractivity contribution in [3.63, 3.8) is 0 Å². The van der Waals surface area contributed by atoms with Crippen LogP contribution >= 0.6 is 0 Å². The minimum Gasteiger partial charge on any atom is -0.326 e. The minimum absolute atomic E-state index is 0. The Hall–Kier alpha value is -0.960. The molecular weight excluding hydrogens is 148 g/mol. The van der Waals surface area contributed by atoms with Crippen LogP contribution in [0.1, 0.15) is 13.0 Å². The van der Waals surface area contributed by atoms with Crippen molar-refractivity contribution < 1.29 is 8.78 Å². The summed E-state index contributed by atoms with van der Waals surface area (Å²) in [6, 6.07) is 3.35. The molecule has 11 heavy (non-hydrogen) atoms. The summed E-state index contributed by atoms with van der Waals surface area (Å²) >= 11 is 0. The third kappa shape index (κ3) is 2.27. The average molecular weight is 159 g/mol. The Kier molecular flexibility index (Phi) is 3.68. The van der Waals surface area contributed by atoms with Crippen molar-refractivity contribution in [3.8, 4) is 0 Å². The zero-order valence-electron chi connectivity index (χ0n) is 5.27. The molecule has 1 aromatic rings. The molecule has 1 nitrogen and oxygen atoms in total. The van der Waals surface area contributed by atoms with Gasteiger partial charge in [-0.25, -0.2) is 8.78 Å². The van der Waals surface area contributed by atoms with Gasteiger partial charge in [0.2, 0.25) is 0 Å². The summed E-state index contributed by atoms with van der Waals surface area (Å²) in [7, 11) is 0. The molecule has 0 atom stereocenters. The van der Waals surface area contributed by atoms with Gasteiger partial charge in [0, 0.05) is 18.2 Å². The van der Waals surface area contributed by atoms with Gasteiger partial charge in [-0.05, 0) is 6.07 Å². The smallest absolute Gasteiger partial charge is 0.130 e. The maximum Gasteiger partial charge on any atom is 0.130 e. The summed E-state index contributed by atoms with van der Waals surface area (Å²) in [5.74, 6) is -1.16. The van der Waals surface area contributed by atoms with Gasteiger partial charge in [-0.1, -0.05) is 13.5 Å². The predicted octanol–water partition coefficient (Wildman–Crippen LogP) is 2.06. The molecule has 0 fully saturated rings. The Morgan fingerprint density at radius 1 is 1.27 bits per heavy atom. The molecule has 0 saturated carbocycles. The van der Waals surface area contributed by atoms with Crippen molar-refractivity contribution in [1.29, 1.82) is 0 Å². The van der Waals surface area contributed by atoms with Crippen molar-refractivity contribution in [3.05, 3.63) is 35.4 Å². The first-order valence-electron chi connectivity index (χ1n) is 2.88. The van der Waals surface area contributed by atoms with Crippen LogP contribution in [0.25, 0.3) is 0 Å². The standard InChI is InChI=1S/C7H7F2N.CH4/c8-6-2-1-5(4-10)7(9)3-6;/h1-3H,4,10H2;1H4. The zero-order chi connectivity index (χ0) is 7.56. The maximum atomic E-state index is 12.5. The summed E-state index contributed by atoms with van der Waals surface area (Å²) in [4.78, 5) is 0. The summed E-state index contributed by atoms with van der Waals surface area (Å²) in [6.07, 6.45) is 0. The van der Waals surface area contributed by atoms with E-state index in [1.165, 1.54) is 12.1 Å². The lowest BCUT2D eigenvalue weighted by molar-refractivity contribution is 0.572. The number of halogens is 2. The number of rotatable bonds is 1. The van der Waals surface area contributed by atoms with Crippen molar-refractivity contribution in [1.82, 2.24) is 0 Å². The molecule has 0 aliphatic heterocycles. The lowest BCUT2D eigenvalue weighted by atomic mass is 10.2. The molecule has 0 saturated heterocycles. The fraction of sp³-hybridized carbons (Fsp3) is 0.250. The highest BCUT2D eigenvalue weighted by Crippen LogP contribution is 2.07. The van der Waals surface area contributed by atoms with E-state index in [-0.39, 0.29) is 14.0 Å². The molecule has 0 radical (unpaired) electrons. The third-order valence-electron chi connectivity index (χ3n) is 1.24. The van der Waals surface area contributed by atoms with Crippen LogP contribution < -0.4 is 5.73 Å². The van der Waals surface area contributed by atoms with E-state index in [0.29, 0.717) is 5.56 Å². The molecule has 1 rings (SSSR count). The molecule has 0 bridgehead atoms. The van der Waals surface area contributed by atoms with E-state index in [1.807, 2.05) is 0 Å². The van der Waals surface area contributed by atoms with Crippen molar-refractivity contribution in [2.75, 3.05) is 0 Å². The van der Waals surface area contributed by atoms with Gasteiger partial charge >= 0.3 is 0 Å². The first-order chi connectivity index (χ1) is 4.74. The lowest BCUT2D eigenvalue weighted by Gasteiger charge is -1.96. The van der Waals surface area contributed by atoms with Gasteiger partial charge in [0.05, 0.1) is 0 Å². The first kappa shape index (κ1) is 10.0. The molecule has 0 aliphatic carbocycles. The Labute approximate surface area is 64.8 Å². The Bertz CT molecular complexity index is 236. The third-order valence-corrected chi connectivity index (χ3v) is 1.24. The molecule has 0 aliphatic rings. The first-order valence-corrected chi connectivity index (χ1v) is 2.88. The predicted molar refractivity (Wildman–Crippen MR) is 41.0 cm³/mol. The Morgan fingerprint density at radius 2 is 1.91 bits per heavy atom. The molecule has 2 N–H and O–H groups in total. The molecular formula is C8H11F2N. The molecule has 1 aromatic carbocycles. The van der Waals surface area contributed by atoms with Crippen LogP contribution in [0.15, 0.2) is 18.2 Å². The zero-order valence-corrected chi connectivity index (χ0v) is 5.27. The van der Waals surface area contributed by atoms with Crippen LogP contribution in [0.4, 0.5) is 8.78 Å². The maximum absolute atomic E-state index is 12.5. The molecule has 3 heteroatoms. The minimum atomic E-state index is -0.581. The van der Waals surface area contributed by atoms with Gasteiger partial charge in [0.15, 0.2) is 0 Å². The van der Waals surface area contributed by atoms with E-state index in [2.05, 4.69) is 0 Å². The number of hydrogen-bond donors (Lipinski definition) is 1.